The van der Waals surface area contributed by atoms with Gasteiger partial charge in [0.05, 0.1) is 0 Å². The third-order valence-electron chi connectivity index (χ3n) is 3.62. The highest BCUT2D eigenvalue weighted by Gasteiger charge is 2.10. The number of hydrogen-bond acceptors (Lipinski definition) is 5. The first kappa shape index (κ1) is 16.9. The first-order valence-electron chi connectivity index (χ1n) is 8.26. The third kappa shape index (κ3) is 4.53. The van der Waals surface area contributed by atoms with Crippen molar-refractivity contribution in [2.75, 3.05) is 0 Å². The van der Waals surface area contributed by atoms with Crippen LogP contribution in [-0.4, -0.2) is 15.9 Å². The normalized spacial score (nSPS) is 10.8. The number of aromatic nitrogens is 2. The van der Waals surface area contributed by atoms with Gasteiger partial charge in [-0.15, -0.1) is 0 Å². The fourth-order valence-electron chi connectivity index (χ4n) is 2.40. The van der Waals surface area contributed by atoms with E-state index >= 15 is 0 Å². The van der Waals surface area contributed by atoms with E-state index in [1.54, 1.807) is 36.4 Å². The third-order valence-corrected chi connectivity index (χ3v) is 3.62. The maximum absolute atomic E-state index is 12.4. The predicted molar refractivity (Wildman–Crippen MR) is 93.5 cm³/mol. The van der Waals surface area contributed by atoms with E-state index in [1.165, 1.54) is 0 Å². The molecule has 5 nitrogen and oxygen atoms in total. The summed E-state index contributed by atoms with van der Waals surface area (Å²) in [5.41, 5.74) is 1.29. The number of nitrogens with zero attached hydrogens (tertiary/aromatic N) is 2. The second-order valence-electron chi connectivity index (χ2n) is 6.21. The van der Waals surface area contributed by atoms with Crippen LogP contribution in [0.1, 0.15) is 41.5 Å². The Labute approximate surface area is 146 Å². The minimum absolute atomic E-state index is 0.0117. The molecule has 0 atom stereocenters. The minimum atomic E-state index is -0.0117. The molecular weight excluding hydrogens is 316 g/mol. The van der Waals surface area contributed by atoms with Gasteiger partial charge in [0.25, 0.3) is 5.89 Å². The van der Waals surface area contributed by atoms with Crippen molar-refractivity contribution in [1.82, 2.24) is 10.1 Å². The van der Waals surface area contributed by atoms with Crippen LogP contribution in [-0.2, 0) is 13.0 Å². The van der Waals surface area contributed by atoms with Crippen LogP contribution in [0.2, 0.25) is 0 Å². The van der Waals surface area contributed by atoms with Gasteiger partial charge in [0, 0.05) is 17.5 Å². The van der Waals surface area contributed by atoms with Gasteiger partial charge in [-0.2, -0.15) is 4.98 Å². The molecule has 0 unspecified atom stereocenters. The smallest absolute Gasteiger partial charge is 0.264 e. The standard InChI is InChI=1S/C20H20N2O3/c1-14(2)12-18-21-19(25-22-18)13-24-17-10-8-16(9-11-17)20(23)15-6-4-3-5-7-15/h3-11,14H,12-13H2,1-2H3. The van der Waals surface area contributed by atoms with Gasteiger partial charge in [-0.1, -0.05) is 49.3 Å². The van der Waals surface area contributed by atoms with E-state index in [4.69, 9.17) is 9.26 Å². The molecule has 0 radical (unpaired) electrons. The van der Waals surface area contributed by atoms with Crippen LogP contribution in [0.25, 0.3) is 0 Å². The molecule has 0 aliphatic carbocycles. The summed E-state index contributed by atoms with van der Waals surface area (Å²) in [6.07, 6.45) is 0.778. The Kier molecular flexibility index (Phi) is 5.23. The van der Waals surface area contributed by atoms with Gasteiger partial charge in [0.1, 0.15) is 5.75 Å². The lowest BCUT2D eigenvalue weighted by molar-refractivity contribution is 0.103. The zero-order valence-electron chi connectivity index (χ0n) is 14.3. The van der Waals surface area contributed by atoms with Crippen molar-refractivity contribution < 1.29 is 14.1 Å². The lowest BCUT2D eigenvalue weighted by Crippen LogP contribution is -2.01. The molecule has 128 valence electrons. The van der Waals surface area contributed by atoms with E-state index in [1.807, 2.05) is 18.2 Å². The van der Waals surface area contributed by atoms with Crippen LogP contribution in [0.4, 0.5) is 0 Å². The summed E-state index contributed by atoms with van der Waals surface area (Å²) >= 11 is 0. The number of carbonyl (C=O) groups excluding carboxylic acids is 1. The van der Waals surface area contributed by atoms with Crippen molar-refractivity contribution in [1.29, 1.82) is 0 Å². The monoisotopic (exact) mass is 336 g/mol. The van der Waals surface area contributed by atoms with E-state index in [0.29, 0.717) is 34.5 Å². The summed E-state index contributed by atoms with van der Waals surface area (Å²) in [5, 5.41) is 3.93. The lowest BCUT2D eigenvalue weighted by Gasteiger charge is -2.05. The molecule has 0 aliphatic heterocycles. The van der Waals surface area contributed by atoms with E-state index in [9.17, 15) is 4.79 Å². The molecule has 0 spiro atoms. The molecule has 0 saturated carbocycles. The van der Waals surface area contributed by atoms with Crippen LogP contribution in [0.15, 0.2) is 59.1 Å². The maximum Gasteiger partial charge on any atom is 0.264 e. The fraction of sp³-hybridized carbons (Fsp3) is 0.250. The molecule has 25 heavy (non-hydrogen) atoms. The minimum Gasteiger partial charge on any atom is -0.484 e. The van der Waals surface area contributed by atoms with Crippen LogP contribution in [0, 0.1) is 5.92 Å². The Balaban J connectivity index is 1.59. The van der Waals surface area contributed by atoms with Crippen LogP contribution >= 0.6 is 0 Å². The predicted octanol–water partition coefficient (Wildman–Crippen LogP) is 4.08. The summed E-state index contributed by atoms with van der Waals surface area (Å²) in [6.45, 7) is 4.41. The van der Waals surface area contributed by atoms with Crippen LogP contribution in [0.3, 0.4) is 0 Å². The number of ether oxygens (including phenoxy) is 1. The van der Waals surface area contributed by atoms with Gasteiger partial charge in [-0.05, 0) is 30.2 Å². The Morgan fingerprint density at radius 1 is 1.04 bits per heavy atom. The van der Waals surface area contributed by atoms with E-state index in [0.717, 1.165) is 6.42 Å². The molecule has 3 aromatic rings. The lowest BCUT2D eigenvalue weighted by atomic mass is 10.0. The highest BCUT2D eigenvalue weighted by molar-refractivity contribution is 6.08. The summed E-state index contributed by atoms with van der Waals surface area (Å²) in [7, 11) is 0. The highest BCUT2D eigenvalue weighted by Crippen LogP contribution is 2.17. The van der Waals surface area contributed by atoms with Gasteiger partial charge >= 0.3 is 0 Å². The first-order chi connectivity index (χ1) is 12.1. The first-order valence-corrected chi connectivity index (χ1v) is 8.26. The number of ketones is 1. The van der Waals surface area contributed by atoms with E-state index < -0.39 is 0 Å². The average Bonchev–Trinajstić information content (AvgIpc) is 3.07. The zero-order chi connectivity index (χ0) is 17.6. The molecule has 0 bridgehead atoms. The van der Waals surface area contributed by atoms with Crippen LogP contribution in [0.5, 0.6) is 5.75 Å². The van der Waals surface area contributed by atoms with Crippen LogP contribution < -0.4 is 4.74 Å². The molecule has 0 amide bonds. The van der Waals surface area contributed by atoms with Crippen molar-refractivity contribution >= 4 is 5.78 Å². The SMILES string of the molecule is CC(C)Cc1noc(COc2ccc(C(=O)c3ccccc3)cc2)n1. The van der Waals surface area contributed by atoms with Gasteiger partial charge in [0.15, 0.2) is 18.2 Å². The maximum atomic E-state index is 12.4. The molecule has 2 aromatic carbocycles. The molecular formula is C20H20N2O3. The molecule has 0 fully saturated rings. The molecule has 1 aromatic heterocycles. The zero-order valence-corrected chi connectivity index (χ0v) is 14.3. The van der Waals surface area contributed by atoms with E-state index in [-0.39, 0.29) is 12.4 Å². The van der Waals surface area contributed by atoms with Gasteiger partial charge in [-0.25, -0.2) is 0 Å². The summed E-state index contributed by atoms with van der Waals surface area (Å²) in [5.74, 6) is 2.24. The summed E-state index contributed by atoms with van der Waals surface area (Å²) < 4.78 is 10.8. The molecule has 0 N–H and O–H groups in total. The Bertz CT molecular complexity index is 824. The molecule has 5 heteroatoms. The van der Waals surface area contributed by atoms with Crippen molar-refractivity contribution in [3.8, 4) is 5.75 Å². The van der Waals surface area contributed by atoms with Gasteiger partial charge in [-0.3, -0.25) is 4.79 Å². The Hall–Kier alpha value is -2.95. The fourth-order valence-corrected chi connectivity index (χ4v) is 2.40. The van der Waals surface area contributed by atoms with E-state index in [2.05, 4.69) is 24.0 Å². The second kappa shape index (κ2) is 7.75. The number of carbonyl (C=O) groups is 1. The van der Waals surface area contributed by atoms with Crippen molar-refractivity contribution in [3.05, 3.63) is 77.4 Å². The van der Waals surface area contributed by atoms with Crippen molar-refractivity contribution in [2.24, 2.45) is 5.92 Å². The van der Waals surface area contributed by atoms with Gasteiger partial charge < -0.3 is 9.26 Å². The highest BCUT2D eigenvalue weighted by atomic mass is 16.5. The number of benzene rings is 2. The largest absolute Gasteiger partial charge is 0.484 e. The number of hydrogen-bond donors (Lipinski definition) is 0. The molecule has 0 aliphatic rings. The molecule has 0 saturated heterocycles. The average molecular weight is 336 g/mol. The Morgan fingerprint density at radius 3 is 2.40 bits per heavy atom. The topological polar surface area (TPSA) is 65.2 Å². The molecule has 1 heterocycles. The second-order valence-corrected chi connectivity index (χ2v) is 6.21. The van der Waals surface area contributed by atoms with Gasteiger partial charge in [0.2, 0.25) is 0 Å². The summed E-state index contributed by atoms with van der Waals surface area (Å²) in [6, 6.07) is 16.2. The van der Waals surface area contributed by atoms with Crippen molar-refractivity contribution in [2.45, 2.75) is 26.9 Å². The number of rotatable bonds is 7. The molecule has 3 rings (SSSR count). The Morgan fingerprint density at radius 2 is 1.72 bits per heavy atom. The quantitative estimate of drug-likeness (QED) is 0.608. The van der Waals surface area contributed by atoms with Crippen molar-refractivity contribution in [3.63, 3.8) is 0 Å². The summed E-state index contributed by atoms with van der Waals surface area (Å²) in [4.78, 5) is 16.6.